The second-order valence-corrected chi connectivity index (χ2v) is 7.21. The van der Waals surface area contributed by atoms with Gasteiger partial charge in [-0.1, -0.05) is 0 Å². The van der Waals surface area contributed by atoms with Crippen LogP contribution in [0.3, 0.4) is 0 Å². The van der Waals surface area contributed by atoms with E-state index in [1.807, 2.05) is 19.1 Å². The average Bonchev–Trinajstić information content (AvgIpc) is 2.96. The zero-order valence-corrected chi connectivity index (χ0v) is 15.1. The van der Waals surface area contributed by atoms with Gasteiger partial charge in [-0.2, -0.15) is 0 Å². The van der Waals surface area contributed by atoms with E-state index in [1.54, 1.807) is 11.0 Å². The molecule has 1 atom stereocenters. The summed E-state index contributed by atoms with van der Waals surface area (Å²) in [4.78, 5) is 25.5. The Kier molecular flexibility index (Phi) is 4.94. The molecule has 2 heterocycles. The molecule has 0 saturated carbocycles. The molecule has 1 aliphatic heterocycles. The molecule has 1 aliphatic rings. The number of amides is 1. The third kappa shape index (κ3) is 3.48. The lowest BCUT2D eigenvalue weighted by molar-refractivity contribution is -0.137. The first-order valence-electron chi connectivity index (χ1n) is 8.18. The zero-order chi connectivity index (χ0) is 17.3. The van der Waals surface area contributed by atoms with Crippen LogP contribution in [0.4, 0.5) is 0 Å². The number of likely N-dealkylation sites (tertiary alicyclic amines) is 1. The summed E-state index contributed by atoms with van der Waals surface area (Å²) in [7, 11) is 0. The standard InChI is InChI=1S/C18H20BrNO4/c1-11-8-12-10-15(24-17(12)14(19)9-11)18(23)20-7-3-2-4-13(20)5-6-16(21)22/h8-10,13H,2-7H2,1H3,(H,21,22). The lowest BCUT2D eigenvalue weighted by Crippen LogP contribution is -2.43. The van der Waals surface area contributed by atoms with Gasteiger partial charge in [-0.25, -0.2) is 0 Å². The molecule has 1 fully saturated rings. The smallest absolute Gasteiger partial charge is 0.303 e. The molecule has 0 aliphatic carbocycles. The van der Waals surface area contributed by atoms with E-state index in [9.17, 15) is 9.59 Å². The van der Waals surface area contributed by atoms with Crippen LogP contribution >= 0.6 is 15.9 Å². The highest BCUT2D eigenvalue weighted by atomic mass is 79.9. The molecule has 2 aromatic rings. The fraction of sp³-hybridized carbons (Fsp3) is 0.444. The molecule has 0 bridgehead atoms. The number of rotatable bonds is 4. The average molecular weight is 394 g/mol. The fourth-order valence-electron chi connectivity index (χ4n) is 3.36. The fourth-order valence-corrected chi connectivity index (χ4v) is 4.03. The molecule has 5 nitrogen and oxygen atoms in total. The summed E-state index contributed by atoms with van der Waals surface area (Å²) in [5.41, 5.74) is 1.76. The number of hydrogen-bond donors (Lipinski definition) is 1. The molecule has 0 radical (unpaired) electrons. The predicted octanol–water partition coefficient (Wildman–Crippen LogP) is 4.36. The summed E-state index contributed by atoms with van der Waals surface area (Å²) in [5, 5.41) is 9.80. The maximum atomic E-state index is 12.9. The Labute approximate surface area is 148 Å². The molecular formula is C18H20BrNO4. The minimum atomic E-state index is -0.823. The predicted molar refractivity (Wildman–Crippen MR) is 94.2 cm³/mol. The van der Waals surface area contributed by atoms with E-state index in [1.165, 1.54) is 0 Å². The molecule has 1 unspecified atom stereocenters. The van der Waals surface area contributed by atoms with E-state index >= 15 is 0 Å². The van der Waals surface area contributed by atoms with Gasteiger partial charge in [0.25, 0.3) is 5.91 Å². The van der Waals surface area contributed by atoms with E-state index in [0.29, 0.717) is 24.3 Å². The molecule has 1 saturated heterocycles. The van der Waals surface area contributed by atoms with E-state index < -0.39 is 5.97 Å². The molecule has 128 valence electrons. The topological polar surface area (TPSA) is 70.8 Å². The Hall–Kier alpha value is -1.82. The van der Waals surface area contributed by atoms with Crippen molar-refractivity contribution in [2.45, 2.75) is 45.1 Å². The number of benzene rings is 1. The van der Waals surface area contributed by atoms with Gasteiger partial charge in [0.1, 0.15) is 5.58 Å². The van der Waals surface area contributed by atoms with Crippen molar-refractivity contribution in [2.24, 2.45) is 0 Å². The third-order valence-electron chi connectivity index (χ3n) is 4.51. The molecule has 1 N–H and O–H groups in total. The molecular weight excluding hydrogens is 374 g/mol. The number of carboxylic acids is 1. The van der Waals surface area contributed by atoms with Crippen molar-refractivity contribution >= 4 is 38.8 Å². The van der Waals surface area contributed by atoms with Crippen molar-refractivity contribution in [1.29, 1.82) is 0 Å². The number of fused-ring (bicyclic) bond motifs is 1. The van der Waals surface area contributed by atoms with Crippen molar-refractivity contribution in [3.63, 3.8) is 0 Å². The highest BCUT2D eigenvalue weighted by molar-refractivity contribution is 9.10. The van der Waals surface area contributed by atoms with Crippen LogP contribution in [0.1, 0.15) is 48.2 Å². The Balaban J connectivity index is 1.86. The number of aliphatic carboxylic acids is 1. The minimum absolute atomic E-state index is 0.0271. The van der Waals surface area contributed by atoms with E-state index in [4.69, 9.17) is 9.52 Å². The summed E-state index contributed by atoms with van der Waals surface area (Å²) in [5.74, 6) is -0.652. The summed E-state index contributed by atoms with van der Waals surface area (Å²) >= 11 is 3.47. The van der Waals surface area contributed by atoms with E-state index in [2.05, 4.69) is 15.9 Å². The summed E-state index contributed by atoms with van der Waals surface area (Å²) in [6, 6.07) is 5.69. The van der Waals surface area contributed by atoms with Gasteiger partial charge >= 0.3 is 5.97 Å². The monoisotopic (exact) mass is 393 g/mol. The first-order chi connectivity index (χ1) is 11.5. The summed E-state index contributed by atoms with van der Waals surface area (Å²) < 4.78 is 6.62. The van der Waals surface area contributed by atoms with Crippen LogP contribution in [-0.2, 0) is 4.79 Å². The van der Waals surface area contributed by atoms with Crippen molar-refractivity contribution < 1.29 is 19.1 Å². The van der Waals surface area contributed by atoms with Crippen molar-refractivity contribution in [3.8, 4) is 0 Å². The largest absolute Gasteiger partial charge is 0.481 e. The number of piperidine rings is 1. The molecule has 1 aromatic carbocycles. The first-order valence-corrected chi connectivity index (χ1v) is 8.97. The van der Waals surface area contributed by atoms with Crippen molar-refractivity contribution in [3.05, 3.63) is 34.0 Å². The van der Waals surface area contributed by atoms with Crippen LogP contribution in [0.2, 0.25) is 0 Å². The van der Waals surface area contributed by atoms with Gasteiger partial charge in [-0.15, -0.1) is 0 Å². The lowest BCUT2D eigenvalue weighted by atomic mass is 9.97. The quantitative estimate of drug-likeness (QED) is 0.837. The van der Waals surface area contributed by atoms with Crippen LogP contribution in [0.25, 0.3) is 11.0 Å². The van der Waals surface area contributed by atoms with Crippen LogP contribution in [-0.4, -0.2) is 34.5 Å². The van der Waals surface area contributed by atoms with Gasteiger partial charge in [0.05, 0.1) is 4.47 Å². The molecule has 0 spiro atoms. The highest BCUT2D eigenvalue weighted by Gasteiger charge is 2.29. The van der Waals surface area contributed by atoms with E-state index in [0.717, 1.165) is 34.7 Å². The number of carboxylic acid groups (broad SMARTS) is 1. The second kappa shape index (κ2) is 6.97. The maximum Gasteiger partial charge on any atom is 0.303 e. The summed E-state index contributed by atoms with van der Waals surface area (Å²) in [6.07, 6.45) is 3.39. The third-order valence-corrected chi connectivity index (χ3v) is 5.09. The molecule has 1 amide bonds. The number of carbonyl (C=O) groups excluding carboxylic acids is 1. The lowest BCUT2D eigenvalue weighted by Gasteiger charge is -2.35. The Bertz CT molecular complexity index is 783. The molecule has 6 heteroatoms. The van der Waals surface area contributed by atoms with Gasteiger partial charge in [0.15, 0.2) is 5.76 Å². The Morgan fingerprint density at radius 3 is 2.88 bits per heavy atom. The molecule has 24 heavy (non-hydrogen) atoms. The number of nitrogens with zero attached hydrogens (tertiary/aromatic N) is 1. The van der Waals surface area contributed by atoms with Crippen LogP contribution < -0.4 is 0 Å². The van der Waals surface area contributed by atoms with Gasteiger partial charge in [-0.05, 0) is 72.3 Å². The second-order valence-electron chi connectivity index (χ2n) is 6.36. The summed E-state index contributed by atoms with van der Waals surface area (Å²) in [6.45, 7) is 2.64. The minimum Gasteiger partial charge on any atom is -0.481 e. The molecule has 3 rings (SSSR count). The van der Waals surface area contributed by atoms with Crippen molar-refractivity contribution in [2.75, 3.05) is 6.54 Å². The zero-order valence-electron chi connectivity index (χ0n) is 13.5. The SMILES string of the molecule is Cc1cc(Br)c2oc(C(=O)N3CCCCC3CCC(=O)O)cc2c1. The van der Waals surface area contributed by atoms with Crippen LogP contribution in [0.5, 0.6) is 0 Å². The maximum absolute atomic E-state index is 12.9. The number of aryl methyl sites for hydroxylation is 1. The van der Waals surface area contributed by atoms with E-state index in [-0.39, 0.29) is 18.4 Å². The highest BCUT2D eigenvalue weighted by Crippen LogP contribution is 2.30. The van der Waals surface area contributed by atoms with Gasteiger partial charge in [0, 0.05) is 24.4 Å². The number of halogens is 1. The van der Waals surface area contributed by atoms with Gasteiger partial charge < -0.3 is 14.4 Å². The number of furan rings is 1. The first kappa shape index (κ1) is 17.0. The Morgan fingerprint density at radius 2 is 2.12 bits per heavy atom. The molecule has 1 aromatic heterocycles. The Morgan fingerprint density at radius 1 is 1.33 bits per heavy atom. The van der Waals surface area contributed by atoms with Gasteiger partial charge in [0.2, 0.25) is 0 Å². The van der Waals surface area contributed by atoms with Crippen molar-refractivity contribution in [1.82, 2.24) is 4.90 Å². The normalized spacial score (nSPS) is 18.1. The number of carbonyl (C=O) groups is 2. The van der Waals surface area contributed by atoms with Crippen LogP contribution in [0, 0.1) is 6.92 Å². The number of hydrogen-bond acceptors (Lipinski definition) is 3. The van der Waals surface area contributed by atoms with Crippen LogP contribution in [0.15, 0.2) is 27.1 Å². The van der Waals surface area contributed by atoms with Gasteiger partial charge in [-0.3, -0.25) is 9.59 Å².